The van der Waals surface area contributed by atoms with Gasteiger partial charge in [-0.15, -0.1) is 0 Å². The molecular formula is C23H22O5. The molecule has 1 N–H and O–H groups in total. The van der Waals surface area contributed by atoms with Crippen molar-refractivity contribution in [2.45, 2.75) is 32.2 Å². The van der Waals surface area contributed by atoms with Crippen molar-refractivity contribution in [3.8, 4) is 29.1 Å². The molecule has 3 atom stereocenters. The maximum Gasteiger partial charge on any atom is 0.231 e. The van der Waals surface area contributed by atoms with Gasteiger partial charge < -0.3 is 24.1 Å². The number of benzene rings is 2. The monoisotopic (exact) mass is 378 g/mol. The van der Waals surface area contributed by atoms with Crippen molar-refractivity contribution in [3.63, 3.8) is 0 Å². The van der Waals surface area contributed by atoms with Gasteiger partial charge in [0.25, 0.3) is 0 Å². The van der Waals surface area contributed by atoms with Crippen LogP contribution >= 0.6 is 0 Å². The average Bonchev–Trinajstić information content (AvgIpc) is 3.16. The molecule has 0 saturated heterocycles. The second-order valence-corrected chi connectivity index (χ2v) is 6.85. The van der Waals surface area contributed by atoms with Gasteiger partial charge in [0.2, 0.25) is 6.79 Å². The minimum atomic E-state index is -0.506. The zero-order valence-electron chi connectivity index (χ0n) is 15.8. The van der Waals surface area contributed by atoms with Crippen molar-refractivity contribution >= 4 is 0 Å². The molecule has 0 aliphatic carbocycles. The van der Waals surface area contributed by atoms with E-state index in [0.717, 1.165) is 11.1 Å². The van der Waals surface area contributed by atoms with E-state index in [-0.39, 0.29) is 13.4 Å². The Kier molecular flexibility index (Phi) is 5.25. The third-order valence-electron chi connectivity index (χ3n) is 4.69. The van der Waals surface area contributed by atoms with Gasteiger partial charge in [-0.1, -0.05) is 29.5 Å². The Morgan fingerprint density at radius 3 is 2.75 bits per heavy atom. The highest BCUT2D eigenvalue weighted by Crippen LogP contribution is 2.35. The highest BCUT2D eigenvalue weighted by molar-refractivity contribution is 5.47. The number of hydrogen-bond acceptors (Lipinski definition) is 5. The Labute approximate surface area is 164 Å². The van der Waals surface area contributed by atoms with Crippen molar-refractivity contribution in [1.82, 2.24) is 0 Å². The van der Waals surface area contributed by atoms with Gasteiger partial charge in [0.1, 0.15) is 24.1 Å². The van der Waals surface area contributed by atoms with E-state index in [9.17, 15) is 5.11 Å². The van der Waals surface area contributed by atoms with E-state index >= 15 is 0 Å². The molecule has 0 spiro atoms. The Morgan fingerprint density at radius 1 is 1.07 bits per heavy atom. The van der Waals surface area contributed by atoms with Gasteiger partial charge in [0, 0.05) is 11.6 Å². The van der Waals surface area contributed by atoms with E-state index < -0.39 is 18.3 Å². The molecule has 5 nitrogen and oxygen atoms in total. The maximum atomic E-state index is 9.74. The predicted molar refractivity (Wildman–Crippen MR) is 105 cm³/mol. The summed E-state index contributed by atoms with van der Waals surface area (Å²) < 4.78 is 22.6. The topological polar surface area (TPSA) is 57.2 Å². The molecule has 3 unspecified atom stereocenters. The van der Waals surface area contributed by atoms with E-state index in [1.807, 2.05) is 37.3 Å². The fourth-order valence-electron chi connectivity index (χ4n) is 3.20. The summed E-state index contributed by atoms with van der Waals surface area (Å²) in [6.45, 7) is 4.15. The summed E-state index contributed by atoms with van der Waals surface area (Å²) >= 11 is 0. The third kappa shape index (κ3) is 3.99. The van der Waals surface area contributed by atoms with Crippen molar-refractivity contribution in [2.75, 3.05) is 13.4 Å². The molecule has 5 heteroatoms. The van der Waals surface area contributed by atoms with Crippen LogP contribution in [0.25, 0.3) is 0 Å². The van der Waals surface area contributed by atoms with Crippen molar-refractivity contribution in [3.05, 3.63) is 65.2 Å². The molecular weight excluding hydrogens is 356 g/mol. The van der Waals surface area contributed by atoms with Gasteiger partial charge in [-0.3, -0.25) is 0 Å². The highest BCUT2D eigenvalue weighted by atomic mass is 16.7. The van der Waals surface area contributed by atoms with Crippen LogP contribution in [-0.2, 0) is 4.74 Å². The molecule has 2 aliphatic rings. The number of hydrogen-bond donors (Lipinski definition) is 1. The van der Waals surface area contributed by atoms with Gasteiger partial charge >= 0.3 is 0 Å². The lowest BCUT2D eigenvalue weighted by Gasteiger charge is -2.29. The molecule has 0 amide bonds. The summed E-state index contributed by atoms with van der Waals surface area (Å²) in [7, 11) is 0. The summed E-state index contributed by atoms with van der Waals surface area (Å²) in [5, 5.41) is 9.74. The first-order valence-electron chi connectivity index (χ1n) is 9.22. The van der Waals surface area contributed by atoms with Crippen LogP contribution < -0.4 is 14.2 Å². The molecule has 2 aromatic carbocycles. The molecule has 0 aromatic heterocycles. The number of aliphatic hydroxyl groups excluding tert-OH is 1. The largest absolute Gasteiger partial charge is 0.483 e. The van der Waals surface area contributed by atoms with Gasteiger partial charge in [-0.2, -0.15) is 0 Å². The number of aliphatic hydroxyl groups is 1. The zero-order valence-corrected chi connectivity index (χ0v) is 15.8. The van der Waals surface area contributed by atoms with Gasteiger partial charge in [0.05, 0.1) is 6.61 Å². The summed E-state index contributed by atoms with van der Waals surface area (Å²) in [6, 6.07) is 11.5. The van der Waals surface area contributed by atoms with Crippen molar-refractivity contribution in [2.24, 2.45) is 0 Å². The molecule has 144 valence electrons. The van der Waals surface area contributed by atoms with E-state index in [1.165, 1.54) is 5.56 Å². The second-order valence-electron chi connectivity index (χ2n) is 6.85. The SMILES string of the molecule is Cc1ccc(C#CC2C=CC(Oc3ccc4c(c3)OCO4)C(CO)O2)c(C)c1. The van der Waals surface area contributed by atoms with Gasteiger partial charge in [-0.25, -0.2) is 0 Å². The summed E-state index contributed by atoms with van der Waals surface area (Å²) in [6.07, 6.45) is 2.43. The van der Waals surface area contributed by atoms with Crippen LogP contribution in [0, 0.1) is 25.7 Å². The lowest BCUT2D eigenvalue weighted by Crippen LogP contribution is -2.40. The number of aryl methyl sites for hydroxylation is 2. The molecule has 2 aromatic rings. The lowest BCUT2D eigenvalue weighted by molar-refractivity contribution is -0.0549. The molecule has 28 heavy (non-hydrogen) atoms. The maximum absolute atomic E-state index is 9.74. The van der Waals surface area contributed by atoms with Crippen LogP contribution in [-0.4, -0.2) is 36.8 Å². The van der Waals surface area contributed by atoms with Crippen molar-refractivity contribution < 1.29 is 24.1 Å². The number of ether oxygens (including phenoxy) is 4. The zero-order chi connectivity index (χ0) is 19.5. The number of rotatable bonds is 3. The quantitative estimate of drug-likeness (QED) is 0.657. The van der Waals surface area contributed by atoms with Crippen LogP contribution in [0.2, 0.25) is 0 Å². The molecule has 0 saturated carbocycles. The van der Waals surface area contributed by atoms with E-state index in [4.69, 9.17) is 18.9 Å². The molecule has 4 rings (SSSR count). The van der Waals surface area contributed by atoms with Crippen LogP contribution in [0.4, 0.5) is 0 Å². The number of fused-ring (bicyclic) bond motifs is 1. The van der Waals surface area contributed by atoms with Crippen LogP contribution in [0.5, 0.6) is 17.2 Å². The highest BCUT2D eigenvalue weighted by Gasteiger charge is 2.28. The van der Waals surface area contributed by atoms with E-state index in [2.05, 4.69) is 24.8 Å². The lowest BCUT2D eigenvalue weighted by atomic mass is 10.1. The van der Waals surface area contributed by atoms with Crippen LogP contribution in [0.1, 0.15) is 16.7 Å². The first-order chi connectivity index (χ1) is 13.6. The Balaban J connectivity index is 1.46. The standard InChI is InChI=1S/C23H22O5/c1-15-3-4-17(16(2)11-15)5-6-18-7-10-21(23(13-24)27-18)28-19-8-9-20-22(12-19)26-14-25-20/h3-4,7-12,18,21,23-24H,13-14H2,1-2H3. The van der Waals surface area contributed by atoms with Gasteiger partial charge in [-0.05, 0) is 49.8 Å². The van der Waals surface area contributed by atoms with E-state index in [0.29, 0.717) is 17.2 Å². The fraction of sp³-hybridized carbons (Fsp3) is 0.304. The average molecular weight is 378 g/mol. The molecule has 2 heterocycles. The molecule has 0 fully saturated rings. The molecule has 0 bridgehead atoms. The normalized spacial score (nSPS) is 22.5. The first-order valence-corrected chi connectivity index (χ1v) is 9.22. The molecule has 2 aliphatic heterocycles. The van der Waals surface area contributed by atoms with Crippen LogP contribution in [0.3, 0.4) is 0 Å². The van der Waals surface area contributed by atoms with E-state index in [1.54, 1.807) is 12.1 Å². The third-order valence-corrected chi connectivity index (χ3v) is 4.69. The van der Waals surface area contributed by atoms with Crippen LogP contribution in [0.15, 0.2) is 48.6 Å². The van der Waals surface area contributed by atoms with Crippen molar-refractivity contribution in [1.29, 1.82) is 0 Å². The first kappa shape index (κ1) is 18.4. The Bertz CT molecular complexity index is 953. The Hall–Kier alpha value is -2.94. The predicted octanol–water partition coefficient (Wildman–Crippen LogP) is 3.15. The minimum absolute atomic E-state index is 0.165. The Morgan fingerprint density at radius 2 is 1.93 bits per heavy atom. The van der Waals surface area contributed by atoms with Gasteiger partial charge in [0.15, 0.2) is 11.5 Å². The molecule has 0 radical (unpaired) electrons. The second kappa shape index (κ2) is 7.97. The smallest absolute Gasteiger partial charge is 0.231 e. The fourth-order valence-corrected chi connectivity index (χ4v) is 3.20. The minimum Gasteiger partial charge on any atom is -0.483 e. The summed E-state index contributed by atoms with van der Waals surface area (Å²) in [5.41, 5.74) is 3.32. The summed E-state index contributed by atoms with van der Waals surface area (Å²) in [5.74, 6) is 8.26. The summed E-state index contributed by atoms with van der Waals surface area (Å²) in [4.78, 5) is 0.